The van der Waals surface area contributed by atoms with Gasteiger partial charge < -0.3 is 14.6 Å². The van der Waals surface area contributed by atoms with Crippen molar-refractivity contribution in [3.63, 3.8) is 0 Å². The van der Waals surface area contributed by atoms with Crippen LogP contribution in [-0.4, -0.2) is 22.6 Å². The second-order valence-electron chi connectivity index (χ2n) is 7.11. The van der Waals surface area contributed by atoms with Crippen molar-refractivity contribution in [3.05, 3.63) is 65.5 Å². The van der Waals surface area contributed by atoms with E-state index in [4.69, 9.17) is 4.74 Å². The number of imidazole rings is 1. The summed E-state index contributed by atoms with van der Waals surface area (Å²) in [5, 5.41) is 2.60. The van der Waals surface area contributed by atoms with Gasteiger partial charge in [0.2, 0.25) is 5.91 Å². The Balaban J connectivity index is 1.91. The van der Waals surface area contributed by atoms with Gasteiger partial charge in [-0.3, -0.25) is 4.79 Å². The van der Waals surface area contributed by atoms with E-state index >= 15 is 0 Å². The molecule has 4 rings (SSSR count). The van der Waals surface area contributed by atoms with Gasteiger partial charge in [0.15, 0.2) is 0 Å². The van der Waals surface area contributed by atoms with E-state index in [1.807, 2.05) is 17.7 Å². The number of alkyl halides is 3. The Morgan fingerprint density at radius 2 is 1.90 bits per heavy atom. The van der Waals surface area contributed by atoms with Gasteiger partial charge in [0.05, 0.1) is 12.7 Å². The first-order chi connectivity index (χ1) is 13.7. The zero-order valence-electron chi connectivity index (χ0n) is 16.0. The first-order valence-corrected chi connectivity index (χ1v) is 8.85. The maximum absolute atomic E-state index is 13.1. The highest BCUT2D eigenvalue weighted by molar-refractivity contribution is 6.09. The largest absolute Gasteiger partial charge is 0.496 e. The number of ether oxygens (including phenoxy) is 1. The molecule has 1 amide bonds. The lowest BCUT2D eigenvalue weighted by Crippen LogP contribution is -2.32. The Labute approximate surface area is 165 Å². The highest BCUT2D eigenvalue weighted by atomic mass is 19.4. The van der Waals surface area contributed by atoms with Gasteiger partial charge in [-0.15, -0.1) is 0 Å². The summed E-state index contributed by atoms with van der Waals surface area (Å²) < 4.78 is 46.6. The molecule has 0 aliphatic carbocycles. The Morgan fingerprint density at radius 1 is 1.14 bits per heavy atom. The number of aryl methyl sites for hydroxylation is 1. The summed E-state index contributed by atoms with van der Waals surface area (Å²) in [4.78, 5) is 17.3. The fourth-order valence-corrected chi connectivity index (χ4v) is 3.78. The van der Waals surface area contributed by atoms with Crippen LogP contribution in [0.5, 0.6) is 5.75 Å². The van der Waals surface area contributed by atoms with Crippen LogP contribution in [0, 0.1) is 0 Å². The van der Waals surface area contributed by atoms with Gasteiger partial charge in [-0.1, -0.05) is 6.07 Å². The van der Waals surface area contributed by atoms with Crippen molar-refractivity contribution in [1.29, 1.82) is 0 Å². The quantitative estimate of drug-likeness (QED) is 0.709. The van der Waals surface area contributed by atoms with Crippen LogP contribution in [-0.2, 0) is 23.4 Å². The molecule has 29 heavy (non-hydrogen) atoms. The number of nitrogens with one attached hydrogen (secondary N) is 1. The molecule has 0 radical (unpaired) electrons. The third-order valence-electron chi connectivity index (χ3n) is 5.41. The van der Waals surface area contributed by atoms with Crippen LogP contribution in [0.4, 0.5) is 18.9 Å². The van der Waals surface area contributed by atoms with Crippen molar-refractivity contribution in [3.8, 4) is 17.1 Å². The van der Waals surface area contributed by atoms with Crippen LogP contribution < -0.4 is 10.1 Å². The van der Waals surface area contributed by atoms with E-state index in [0.29, 0.717) is 22.7 Å². The molecule has 1 N–H and O–H groups in total. The molecular weight excluding hydrogens is 383 g/mol. The van der Waals surface area contributed by atoms with Gasteiger partial charge in [-0.25, -0.2) is 4.98 Å². The van der Waals surface area contributed by atoms with E-state index in [0.717, 1.165) is 17.7 Å². The standard InChI is InChI=1S/C21H18F3N3O2/c1-20(14-6-5-13(21(22,23)24)11-16(14)26-19(20)28)15-10-12(4-7-17(15)29-3)18-25-8-9-27(18)2/h4-11H,1-3H3,(H,26,28)/t20-/m1/s1. The molecule has 8 heteroatoms. The van der Waals surface area contributed by atoms with Crippen LogP contribution in [0.1, 0.15) is 23.6 Å². The molecule has 1 atom stereocenters. The van der Waals surface area contributed by atoms with Gasteiger partial charge in [-0.05, 0) is 42.8 Å². The normalized spacial score (nSPS) is 18.5. The molecule has 1 aliphatic rings. The molecule has 2 heterocycles. The summed E-state index contributed by atoms with van der Waals surface area (Å²) in [6.07, 6.45) is -1.02. The van der Waals surface area contributed by atoms with Gasteiger partial charge in [0.1, 0.15) is 17.0 Å². The minimum Gasteiger partial charge on any atom is -0.496 e. The van der Waals surface area contributed by atoms with E-state index in [-0.39, 0.29) is 5.69 Å². The van der Waals surface area contributed by atoms with Crippen molar-refractivity contribution in [2.75, 3.05) is 12.4 Å². The van der Waals surface area contributed by atoms with E-state index in [2.05, 4.69) is 10.3 Å². The summed E-state index contributed by atoms with van der Waals surface area (Å²) in [6, 6.07) is 8.67. The van der Waals surface area contributed by atoms with Crippen molar-refractivity contribution in [1.82, 2.24) is 9.55 Å². The molecule has 0 spiro atoms. The van der Waals surface area contributed by atoms with Crippen molar-refractivity contribution in [2.45, 2.75) is 18.5 Å². The maximum atomic E-state index is 13.1. The van der Waals surface area contributed by atoms with Crippen molar-refractivity contribution >= 4 is 11.6 Å². The average molecular weight is 401 g/mol. The fraction of sp³-hybridized carbons (Fsp3) is 0.238. The second kappa shape index (κ2) is 6.37. The Kier molecular flexibility index (Phi) is 4.18. The number of methoxy groups -OCH3 is 1. The number of aromatic nitrogens is 2. The molecule has 150 valence electrons. The van der Waals surface area contributed by atoms with Crippen molar-refractivity contribution in [2.24, 2.45) is 7.05 Å². The number of anilines is 1. The van der Waals surface area contributed by atoms with E-state index in [9.17, 15) is 18.0 Å². The summed E-state index contributed by atoms with van der Waals surface area (Å²) in [5.74, 6) is 0.749. The minimum atomic E-state index is -4.49. The molecule has 0 saturated heterocycles. The Bertz CT molecular complexity index is 1120. The molecule has 5 nitrogen and oxygen atoms in total. The fourth-order valence-electron chi connectivity index (χ4n) is 3.78. The molecule has 0 fully saturated rings. The molecule has 0 bridgehead atoms. The highest BCUT2D eigenvalue weighted by Gasteiger charge is 2.47. The van der Waals surface area contributed by atoms with Crippen LogP contribution in [0.2, 0.25) is 0 Å². The average Bonchev–Trinajstić information content (AvgIpc) is 3.22. The van der Waals surface area contributed by atoms with E-state index in [1.54, 1.807) is 31.5 Å². The Hall–Kier alpha value is -3.29. The predicted molar refractivity (Wildman–Crippen MR) is 102 cm³/mol. The predicted octanol–water partition coefficient (Wildman–Crippen LogP) is 4.37. The lowest BCUT2D eigenvalue weighted by molar-refractivity contribution is -0.137. The molecule has 3 aromatic rings. The number of amides is 1. The lowest BCUT2D eigenvalue weighted by Gasteiger charge is -2.26. The third kappa shape index (κ3) is 2.86. The number of fused-ring (bicyclic) bond motifs is 1. The van der Waals surface area contributed by atoms with Gasteiger partial charge >= 0.3 is 6.18 Å². The zero-order valence-corrected chi connectivity index (χ0v) is 16.0. The van der Waals surface area contributed by atoms with Crippen LogP contribution in [0.15, 0.2) is 48.8 Å². The molecule has 1 aromatic heterocycles. The number of rotatable bonds is 3. The number of benzene rings is 2. The smallest absolute Gasteiger partial charge is 0.416 e. The van der Waals surface area contributed by atoms with Gasteiger partial charge in [0.25, 0.3) is 0 Å². The van der Waals surface area contributed by atoms with Gasteiger partial charge in [0, 0.05) is 36.3 Å². The first kappa shape index (κ1) is 19.0. The van der Waals surface area contributed by atoms with Crippen LogP contribution in [0.3, 0.4) is 0 Å². The summed E-state index contributed by atoms with van der Waals surface area (Å²) in [6.45, 7) is 1.68. The number of nitrogens with zero attached hydrogens (tertiary/aromatic N) is 2. The molecule has 2 aromatic carbocycles. The molecule has 0 unspecified atom stereocenters. The molecular formula is C21H18F3N3O2. The summed E-state index contributed by atoms with van der Waals surface area (Å²) in [7, 11) is 3.34. The summed E-state index contributed by atoms with van der Waals surface area (Å²) in [5.41, 5.74) is -0.0947. The lowest BCUT2D eigenvalue weighted by atomic mass is 9.76. The second-order valence-corrected chi connectivity index (χ2v) is 7.11. The first-order valence-electron chi connectivity index (χ1n) is 8.85. The van der Waals surface area contributed by atoms with Crippen LogP contribution in [0.25, 0.3) is 11.4 Å². The topological polar surface area (TPSA) is 56.2 Å². The Morgan fingerprint density at radius 3 is 2.52 bits per heavy atom. The van der Waals surface area contributed by atoms with Crippen molar-refractivity contribution < 1.29 is 22.7 Å². The monoisotopic (exact) mass is 401 g/mol. The maximum Gasteiger partial charge on any atom is 0.416 e. The molecule has 0 saturated carbocycles. The minimum absolute atomic E-state index is 0.150. The van der Waals surface area contributed by atoms with Crippen LogP contribution >= 0.6 is 0 Å². The third-order valence-corrected chi connectivity index (χ3v) is 5.41. The van der Waals surface area contributed by atoms with E-state index in [1.165, 1.54) is 13.2 Å². The molecule has 1 aliphatic heterocycles. The number of carbonyl (C=O) groups is 1. The number of hydrogen-bond donors (Lipinski definition) is 1. The number of hydrogen-bond acceptors (Lipinski definition) is 3. The van der Waals surface area contributed by atoms with E-state index < -0.39 is 23.1 Å². The van der Waals surface area contributed by atoms with Gasteiger partial charge in [-0.2, -0.15) is 13.2 Å². The SMILES string of the molecule is COc1ccc(-c2nccn2C)cc1[C@]1(C)C(=O)Nc2cc(C(F)(F)F)ccc21. The highest BCUT2D eigenvalue weighted by Crippen LogP contribution is 2.48. The summed E-state index contributed by atoms with van der Waals surface area (Å²) >= 11 is 0. The number of halogens is 3. The zero-order chi connectivity index (χ0) is 21.0. The number of carbonyl (C=O) groups excluding carboxylic acids is 1.